The highest BCUT2D eigenvalue weighted by Gasteiger charge is 2.35. The van der Waals surface area contributed by atoms with Crippen molar-refractivity contribution in [2.45, 2.75) is 44.9 Å². The molecule has 1 saturated heterocycles. The van der Waals surface area contributed by atoms with Crippen LogP contribution in [0.15, 0.2) is 12.2 Å². The van der Waals surface area contributed by atoms with Gasteiger partial charge in [-0.1, -0.05) is 25.8 Å². The lowest BCUT2D eigenvalue weighted by molar-refractivity contribution is 0.0724. The molecule has 16 heavy (non-hydrogen) atoms. The van der Waals surface area contributed by atoms with Gasteiger partial charge in [0.15, 0.2) is 0 Å². The first kappa shape index (κ1) is 12.1. The Balaban J connectivity index is 1.79. The van der Waals surface area contributed by atoms with E-state index in [4.69, 9.17) is 5.73 Å². The molecule has 1 aliphatic carbocycles. The lowest BCUT2D eigenvalue weighted by Gasteiger charge is -2.44. The van der Waals surface area contributed by atoms with Crippen molar-refractivity contribution in [1.29, 1.82) is 0 Å². The molecule has 2 heteroatoms. The lowest BCUT2D eigenvalue weighted by atomic mass is 9.68. The van der Waals surface area contributed by atoms with Crippen LogP contribution in [0.1, 0.15) is 44.9 Å². The summed E-state index contributed by atoms with van der Waals surface area (Å²) in [6.07, 6.45) is 10.2. The number of hydrogen-bond donors (Lipinski definition) is 1. The maximum Gasteiger partial charge on any atom is 0.0202 e. The van der Waals surface area contributed by atoms with Gasteiger partial charge in [0.1, 0.15) is 0 Å². The Hall–Kier alpha value is -0.340. The summed E-state index contributed by atoms with van der Waals surface area (Å²) in [5, 5.41) is 0. The van der Waals surface area contributed by atoms with Crippen molar-refractivity contribution in [1.82, 2.24) is 4.90 Å². The summed E-state index contributed by atoms with van der Waals surface area (Å²) >= 11 is 0. The quantitative estimate of drug-likeness (QED) is 0.744. The highest BCUT2D eigenvalue weighted by atomic mass is 15.1. The number of rotatable bonds is 3. The normalized spacial score (nSPS) is 25.8. The number of nitrogens with two attached hydrogens (primary N) is 1. The summed E-state index contributed by atoms with van der Waals surface area (Å²) in [5.41, 5.74) is 7.50. The molecule has 1 heterocycles. The fourth-order valence-electron chi connectivity index (χ4n) is 3.37. The van der Waals surface area contributed by atoms with E-state index in [9.17, 15) is 0 Å². The van der Waals surface area contributed by atoms with Gasteiger partial charge in [-0.25, -0.2) is 0 Å². The molecule has 1 aliphatic heterocycles. The highest BCUT2D eigenvalue weighted by molar-refractivity contribution is 5.00. The van der Waals surface area contributed by atoms with Gasteiger partial charge in [-0.2, -0.15) is 0 Å². The second-order valence-electron chi connectivity index (χ2n) is 5.79. The Labute approximate surface area is 99.9 Å². The van der Waals surface area contributed by atoms with Crippen molar-refractivity contribution < 1.29 is 0 Å². The number of hydrogen-bond acceptors (Lipinski definition) is 2. The molecule has 2 nitrogen and oxygen atoms in total. The largest absolute Gasteiger partial charge is 0.327 e. The van der Waals surface area contributed by atoms with E-state index < -0.39 is 0 Å². The molecular formula is C14H26N2. The van der Waals surface area contributed by atoms with Gasteiger partial charge in [-0.15, -0.1) is 0 Å². The fraction of sp³-hybridized carbons (Fsp3) is 0.857. The Bertz CT molecular complexity index is 231. The third-order valence-electron chi connectivity index (χ3n) is 4.57. The van der Waals surface area contributed by atoms with E-state index in [2.05, 4.69) is 11.5 Å². The topological polar surface area (TPSA) is 29.3 Å². The Morgan fingerprint density at radius 3 is 2.25 bits per heavy atom. The Morgan fingerprint density at radius 1 is 1.06 bits per heavy atom. The minimum absolute atomic E-state index is 0.641. The van der Waals surface area contributed by atoms with Crippen LogP contribution in [0.3, 0.4) is 0 Å². The Morgan fingerprint density at radius 2 is 1.69 bits per heavy atom. The van der Waals surface area contributed by atoms with Crippen molar-refractivity contribution in [2.75, 3.05) is 26.2 Å². The van der Waals surface area contributed by atoms with Gasteiger partial charge in [0, 0.05) is 13.1 Å². The monoisotopic (exact) mass is 222 g/mol. The van der Waals surface area contributed by atoms with Gasteiger partial charge in [0.05, 0.1) is 0 Å². The van der Waals surface area contributed by atoms with Crippen LogP contribution in [0.25, 0.3) is 0 Å². The standard InChI is InChI=1S/C14H26N2/c1-13(11-15)12-16-9-7-14(8-10-16)5-3-2-4-6-14/h1-12,15H2. The molecule has 2 aliphatic rings. The smallest absolute Gasteiger partial charge is 0.0202 e. The maximum atomic E-state index is 5.60. The molecule has 0 radical (unpaired) electrons. The van der Waals surface area contributed by atoms with E-state index in [1.54, 1.807) is 0 Å². The van der Waals surface area contributed by atoms with Crippen molar-refractivity contribution in [2.24, 2.45) is 11.1 Å². The average Bonchev–Trinajstić information content (AvgIpc) is 2.33. The van der Waals surface area contributed by atoms with Gasteiger partial charge in [-0.3, -0.25) is 4.90 Å². The van der Waals surface area contributed by atoms with Crippen LogP contribution in [-0.2, 0) is 0 Å². The first-order valence-corrected chi connectivity index (χ1v) is 6.83. The molecule has 0 unspecified atom stereocenters. The molecule has 0 atom stereocenters. The number of nitrogens with zero attached hydrogens (tertiary/aromatic N) is 1. The van der Waals surface area contributed by atoms with Crippen molar-refractivity contribution in [3.05, 3.63) is 12.2 Å². The molecule has 1 spiro atoms. The predicted octanol–water partition coefficient (Wildman–Crippen LogP) is 2.55. The van der Waals surface area contributed by atoms with Crippen LogP contribution >= 0.6 is 0 Å². The maximum absolute atomic E-state index is 5.60. The minimum Gasteiger partial charge on any atom is -0.327 e. The van der Waals surface area contributed by atoms with Crippen LogP contribution in [0.2, 0.25) is 0 Å². The van der Waals surface area contributed by atoms with Crippen molar-refractivity contribution >= 4 is 0 Å². The zero-order valence-electron chi connectivity index (χ0n) is 10.5. The second kappa shape index (κ2) is 5.33. The summed E-state index contributed by atoms with van der Waals surface area (Å²) in [7, 11) is 0. The summed E-state index contributed by atoms with van der Waals surface area (Å²) in [5.74, 6) is 0. The van der Waals surface area contributed by atoms with Crippen LogP contribution < -0.4 is 5.73 Å². The number of piperidine rings is 1. The highest BCUT2D eigenvalue weighted by Crippen LogP contribution is 2.44. The molecule has 1 saturated carbocycles. The lowest BCUT2D eigenvalue weighted by Crippen LogP contribution is -2.42. The van der Waals surface area contributed by atoms with Crippen molar-refractivity contribution in [3.8, 4) is 0 Å². The van der Waals surface area contributed by atoms with Crippen LogP contribution in [-0.4, -0.2) is 31.1 Å². The van der Waals surface area contributed by atoms with Crippen LogP contribution in [0.4, 0.5) is 0 Å². The third kappa shape index (κ3) is 2.86. The molecule has 0 bridgehead atoms. The SMILES string of the molecule is C=C(CN)CN1CCC2(CCCCC2)CC1. The molecule has 0 aromatic carbocycles. The predicted molar refractivity (Wildman–Crippen MR) is 69.4 cm³/mol. The van der Waals surface area contributed by atoms with Gasteiger partial charge >= 0.3 is 0 Å². The van der Waals surface area contributed by atoms with Crippen LogP contribution in [0, 0.1) is 5.41 Å². The summed E-state index contributed by atoms with van der Waals surface area (Å²) < 4.78 is 0. The van der Waals surface area contributed by atoms with Gasteiger partial charge in [0.25, 0.3) is 0 Å². The summed E-state index contributed by atoms with van der Waals surface area (Å²) in [6.45, 7) is 8.19. The van der Waals surface area contributed by atoms with Gasteiger partial charge < -0.3 is 5.73 Å². The minimum atomic E-state index is 0.641. The zero-order valence-corrected chi connectivity index (χ0v) is 10.5. The molecule has 2 rings (SSSR count). The first-order valence-electron chi connectivity index (χ1n) is 6.83. The molecule has 0 amide bonds. The summed E-state index contributed by atoms with van der Waals surface area (Å²) in [6, 6.07) is 0. The van der Waals surface area contributed by atoms with E-state index >= 15 is 0 Å². The van der Waals surface area contributed by atoms with E-state index in [1.165, 1.54) is 63.6 Å². The van der Waals surface area contributed by atoms with E-state index in [1.807, 2.05) is 0 Å². The molecule has 2 N–H and O–H groups in total. The van der Waals surface area contributed by atoms with Gasteiger partial charge in [0.2, 0.25) is 0 Å². The Kier molecular flexibility index (Phi) is 4.04. The molecule has 2 fully saturated rings. The molecule has 92 valence electrons. The van der Waals surface area contributed by atoms with E-state index in [0.717, 1.165) is 12.0 Å². The van der Waals surface area contributed by atoms with Crippen LogP contribution in [0.5, 0.6) is 0 Å². The van der Waals surface area contributed by atoms with E-state index in [0.29, 0.717) is 6.54 Å². The molecule has 0 aromatic heterocycles. The first-order chi connectivity index (χ1) is 7.74. The van der Waals surface area contributed by atoms with E-state index in [-0.39, 0.29) is 0 Å². The second-order valence-corrected chi connectivity index (χ2v) is 5.79. The number of likely N-dealkylation sites (tertiary alicyclic amines) is 1. The van der Waals surface area contributed by atoms with Crippen molar-refractivity contribution in [3.63, 3.8) is 0 Å². The average molecular weight is 222 g/mol. The molecule has 0 aromatic rings. The summed E-state index contributed by atoms with van der Waals surface area (Å²) in [4.78, 5) is 2.54. The fourth-order valence-corrected chi connectivity index (χ4v) is 3.37. The zero-order chi connectivity index (χ0) is 11.4. The van der Waals surface area contributed by atoms with Gasteiger partial charge in [-0.05, 0) is 49.8 Å². The molecular weight excluding hydrogens is 196 g/mol. The third-order valence-corrected chi connectivity index (χ3v) is 4.57.